The van der Waals surface area contributed by atoms with Crippen molar-refractivity contribution < 1.29 is 18.7 Å². The molecular formula is C20H20N2O4S. The van der Waals surface area contributed by atoms with Crippen LogP contribution in [0, 0.1) is 13.8 Å². The number of esters is 1. The highest BCUT2D eigenvalue weighted by molar-refractivity contribution is 7.17. The molecule has 27 heavy (non-hydrogen) atoms. The van der Waals surface area contributed by atoms with E-state index < -0.39 is 5.97 Å². The van der Waals surface area contributed by atoms with Crippen LogP contribution in [-0.4, -0.2) is 23.5 Å². The summed E-state index contributed by atoms with van der Waals surface area (Å²) in [6.07, 6.45) is 1.49. The van der Waals surface area contributed by atoms with E-state index in [2.05, 4.69) is 4.98 Å². The Bertz CT molecular complexity index is 946. The number of hydrogen-bond donors (Lipinski definition) is 0. The summed E-state index contributed by atoms with van der Waals surface area (Å²) in [6.45, 7) is 5.85. The number of ether oxygens (including phenoxy) is 1. The Morgan fingerprint density at radius 1 is 1.19 bits per heavy atom. The molecule has 6 nitrogen and oxygen atoms in total. The zero-order valence-corrected chi connectivity index (χ0v) is 16.2. The first-order valence-corrected chi connectivity index (χ1v) is 9.37. The second-order valence-corrected chi connectivity index (χ2v) is 6.88. The smallest absolute Gasteiger partial charge is 0.350 e. The average Bonchev–Trinajstić information content (AvgIpc) is 3.26. The first-order valence-electron chi connectivity index (χ1n) is 8.55. The minimum absolute atomic E-state index is 0.228. The Morgan fingerprint density at radius 3 is 2.56 bits per heavy atom. The number of nitrogens with zero attached hydrogens (tertiary/aromatic N) is 2. The topological polar surface area (TPSA) is 72.6 Å². The van der Waals surface area contributed by atoms with Gasteiger partial charge >= 0.3 is 5.97 Å². The van der Waals surface area contributed by atoms with Crippen LogP contribution in [0.15, 0.2) is 47.1 Å². The normalized spacial score (nSPS) is 10.6. The molecule has 0 aliphatic heterocycles. The van der Waals surface area contributed by atoms with E-state index in [0.717, 1.165) is 16.9 Å². The monoisotopic (exact) mass is 384 g/mol. The number of benzene rings is 1. The Kier molecular flexibility index (Phi) is 5.71. The van der Waals surface area contributed by atoms with Gasteiger partial charge in [-0.15, -0.1) is 0 Å². The minimum atomic E-state index is -0.426. The molecule has 2 heterocycles. The zero-order chi connectivity index (χ0) is 19.4. The van der Waals surface area contributed by atoms with Crippen molar-refractivity contribution in [2.45, 2.75) is 27.3 Å². The highest BCUT2D eigenvalue weighted by atomic mass is 32.1. The first-order chi connectivity index (χ1) is 13.0. The Hall–Kier alpha value is -2.93. The van der Waals surface area contributed by atoms with Gasteiger partial charge in [-0.25, -0.2) is 9.78 Å². The van der Waals surface area contributed by atoms with Crippen molar-refractivity contribution in [2.75, 3.05) is 11.5 Å². The van der Waals surface area contributed by atoms with E-state index >= 15 is 0 Å². The van der Waals surface area contributed by atoms with Gasteiger partial charge in [0.25, 0.3) is 5.91 Å². The SMILES string of the molecule is CCOC(=O)c1sc(N(Cc2ccccc2)C(=O)c2ccoc2C)nc1C. The Morgan fingerprint density at radius 2 is 1.93 bits per heavy atom. The molecule has 0 bridgehead atoms. The molecule has 0 saturated heterocycles. The molecule has 3 rings (SSSR count). The molecule has 2 aromatic heterocycles. The van der Waals surface area contributed by atoms with Crippen LogP contribution in [0.25, 0.3) is 0 Å². The summed E-state index contributed by atoms with van der Waals surface area (Å²) in [5.41, 5.74) is 1.97. The maximum atomic E-state index is 13.2. The number of rotatable bonds is 6. The van der Waals surface area contributed by atoms with Gasteiger partial charge in [0, 0.05) is 0 Å². The van der Waals surface area contributed by atoms with Crippen molar-refractivity contribution >= 4 is 28.3 Å². The third-order valence-corrected chi connectivity index (χ3v) is 5.16. The third-order valence-electron chi connectivity index (χ3n) is 3.99. The van der Waals surface area contributed by atoms with Gasteiger partial charge in [-0.2, -0.15) is 0 Å². The summed E-state index contributed by atoms with van der Waals surface area (Å²) < 4.78 is 10.4. The largest absolute Gasteiger partial charge is 0.469 e. The highest BCUT2D eigenvalue weighted by Gasteiger charge is 2.26. The van der Waals surface area contributed by atoms with E-state index in [-0.39, 0.29) is 12.5 Å². The number of furan rings is 1. The maximum absolute atomic E-state index is 13.2. The summed E-state index contributed by atoms with van der Waals surface area (Å²) in [6, 6.07) is 11.3. The lowest BCUT2D eigenvalue weighted by atomic mass is 10.2. The van der Waals surface area contributed by atoms with Crippen molar-refractivity contribution in [1.82, 2.24) is 4.98 Å². The molecule has 0 fully saturated rings. The summed E-state index contributed by atoms with van der Waals surface area (Å²) in [5, 5.41) is 0.449. The standard InChI is InChI=1S/C20H20N2O4S/c1-4-25-19(24)17-13(2)21-20(27-17)22(12-15-8-6-5-7-9-15)18(23)16-10-11-26-14(16)3/h5-11H,4,12H2,1-3H3. The van der Waals surface area contributed by atoms with Crippen LogP contribution in [0.3, 0.4) is 0 Å². The number of thiazole rings is 1. The molecule has 1 amide bonds. The molecule has 0 spiro atoms. The lowest BCUT2D eigenvalue weighted by Crippen LogP contribution is -2.30. The van der Waals surface area contributed by atoms with E-state index in [1.165, 1.54) is 6.26 Å². The van der Waals surface area contributed by atoms with E-state index in [1.807, 2.05) is 30.3 Å². The number of carbonyl (C=O) groups is 2. The fourth-order valence-electron chi connectivity index (χ4n) is 2.63. The molecule has 0 atom stereocenters. The van der Waals surface area contributed by atoms with Crippen LogP contribution in [0.4, 0.5) is 5.13 Å². The lowest BCUT2D eigenvalue weighted by molar-refractivity contribution is 0.0531. The van der Waals surface area contributed by atoms with E-state index in [0.29, 0.717) is 33.6 Å². The summed E-state index contributed by atoms with van der Waals surface area (Å²) in [7, 11) is 0. The van der Waals surface area contributed by atoms with Crippen molar-refractivity contribution in [3.05, 3.63) is 70.1 Å². The number of hydrogen-bond acceptors (Lipinski definition) is 6. The number of amides is 1. The van der Waals surface area contributed by atoms with Crippen LogP contribution in [-0.2, 0) is 11.3 Å². The number of aromatic nitrogens is 1. The van der Waals surface area contributed by atoms with E-state index in [9.17, 15) is 9.59 Å². The second-order valence-electron chi connectivity index (χ2n) is 5.90. The molecule has 0 aliphatic rings. The van der Waals surface area contributed by atoms with Gasteiger partial charge < -0.3 is 9.15 Å². The second kappa shape index (κ2) is 8.18. The van der Waals surface area contributed by atoms with Crippen molar-refractivity contribution in [1.29, 1.82) is 0 Å². The van der Waals surface area contributed by atoms with Crippen LogP contribution in [0.1, 0.15) is 44.0 Å². The van der Waals surface area contributed by atoms with Crippen molar-refractivity contribution in [2.24, 2.45) is 0 Å². The molecule has 0 unspecified atom stereocenters. The van der Waals surface area contributed by atoms with Gasteiger partial charge in [0.05, 0.1) is 30.7 Å². The predicted molar refractivity (Wildman–Crippen MR) is 103 cm³/mol. The summed E-state index contributed by atoms with van der Waals surface area (Å²) >= 11 is 1.16. The van der Waals surface area contributed by atoms with E-state index in [4.69, 9.17) is 9.15 Å². The van der Waals surface area contributed by atoms with Crippen LogP contribution >= 0.6 is 11.3 Å². The van der Waals surface area contributed by atoms with Gasteiger partial charge in [0.1, 0.15) is 10.6 Å². The fraction of sp³-hybridized carbons (Fsp3) is 0.250. The summed E-state index contributed by atoms with van der Waals surface area (Å²) in [4.78, 5) is 31.7. The van der Waals surface area contributed by atoms with Crippen LogP contribution in [0.5, 0.6) is 0 Å². The number of carbonyl (C=O) groups excluding carboxylic acids is 2. The molecule has 0 saturated carbocycles. The molecule has 3 aromatic rings. The van der Waals surface area contributed by atoms with Gasteiger partial charge in [-0.05, 0) is 32.4 Å². The zero-order valence-electron chi connectivity index (χ0n) is 15.4. The van der Waals surface area contributed by atoms with Crippen molar-refractivity contribution in [3.63, 3.8) is 0 Å². The minimum Gasteiger partial charge on any atom is -0.469 e. The van der Waals surface area contributed by atoms with Gasteiger partial charge in [0.15, 0.2) is 5.13 Å². The molecule has 0 N–H and O–H groups in total. The van der Waals surface area contributed by atoms with E-state index in [1.54, 1.807) is 31.7 Å². The maximum Gasteiger partial charge on any atom is 0.350 e. The average molecular weight is 384 g/mol. The Labute approximate surface area is 161 Å². The number of aryl methyl sites for hydroxylation is 2. The first kappa shape index (κ1) is 18.8. The predicted octanol–water partition coefficient (Wildman–Crippen LogP) is 4.38. The molecule has 0 radical (unpaired) electrons. The van der Waals surface area contributed by atoms with Gasteiger partial charge in [0.2, 0.25) is 0 Å². The number of anilines is 1. The highest BCUT2D eigenvalue weighted by Crippen LogP contribution is 2.30. The van der Waals surface area contributed by atoms with Gasteiger partial charge in [-0.3, -0.25) is 9.69 Å². The van der Waals surface area contributed by atoms with Crippen LogP contribution < -0.4 is 4.90 Å². The molecule has 140 valence electrons. The van der Waals surface area contributed by atoms with Gasteiger partial charge in [-0.1, -0.05) is 41.7 Å². The third kappa shape index (κ3) is 4.09. The van der Waals surface area contributed by atoms with Crippen molar-refractivity contribution in [3.8, 4) is 0 Å². The quantitative estimate of drug-likeness (QED) is 0.590. The van der Waals surface area contributed by atoms with Crippen LogP contribution in [0.2, 0.25) is 0 Å². The molecule has 1 aromatic carbocycles. The molecular weight excluding hydrogens is 364 g/mol. The summed E-state index contributed by atoms with van der Waals surface area (Å²) in [5.74, 6) is -0.114. The lowest BCUT2D eigenvalue weighted by Gasteiger charge is -2.19. The fourth-order valence-corrected chi connectivity index (χ4v) is 3.59. The Balaban J connectivity index is 1.99. The molecule has 0 aliphatic carbocycles. The molecule has 7 heteroatoms.